The predicted octanol–water partition coefficient (Wildman–Crippen LogP) is 2.48. The number of carbonyl (C=O) groups is 1. The average Bonchev–Trinajstić information content (AvgIpc) is 2.66. The lowest BCUT2D eigenvalue weighted by Gasteiger charge is -2.23. The molecule has 1 atom stereocenters. The molecular formula is C11H18N2O2S. The number of imidazole rings is 1. The van der Waals surface area contributed by atoms with Crippen LogP contribution in [0.15, 0.2) is 17.6 Å². The van der Waals surface area contributed by atoms with E-state index < -0.39 is 0 Å². The summed E-state index contributed by atoms with van der Waals surface area (Å²) >= 11 is 1.41. The fourth-order valence-corrected chi connectivity index (χ4v) is 2.61. The van der Waals surface area contributed by atoms with Gasteiger partial charge in [-0.05, 0) is 11.8 Å². The topological polar surface area (TPSA) is 55.0 Å². The number of ether oxygens (including phenoxy) is 1. The van der Waals surface area contributed by atoms with Crippen LogP contribution in [0, 0.1) is 5.41 Å². The van der Waals surface area contributed by atoms with Crippen molar-refractivity contribution in [2.45, 2.75) is 37.6 Å². The van der Waals surface area contributed by atoms with E-state index in [9.17, 15) is 4.79 Å². The zero-order valence-electron chi connectivity index (χ0n) is 10.1. The molecule has 0 aliphatic carbocycles. The van der Waals surface area contributed by atoms with E-state index in [1.54, 1.807) is 12.4 Å². The molecule has 90 valence electrons. The van der Waals surface area contributed by atoms with Gasteiger partial charge in [0.15, 0.2) is 5.16 Å². The van der Waals surface area contributed by atoms with Gasteiger partial charge in [0, 0.05) is 12.4 Å². The van der Waals surface area contributed by atoms with E-state index in [0.717, 1.165) is 11.6 Å². The van der Waals surface area contributed by atoms with Crippen molar-refractivity contribution >= 4 is 17.7 Å². The molecule has 0 spiro atoms. The highest BCUT2D eigenvalue weighted by Crippen LogP contribution is 2.31. The quantitative estimate of drug-likeness (QED) is 0.651. The van der Waals surface area contributed by atoms with E-state index in [1.165, 1.54) is 18.9 Å². The number of carbonyl (C=O) groups excluding carboxylic acids is 1. The minimum Gasteiger partial charge on any atom is -0.468 e. The summed E-state index contributed by atoms with van der Waals surface area (Å²) in [5.74, 6) is -0.198. The number of aromatic amines is 1. The number of nitrogens with one attached hydrogen (secondary N) is 1. The van der Waals surface area contributed by atoms with Crippen LogP contribution in [-0.4, -0.2) is 28.3 Å². The van der Waals surface area contributed by atoms with Crippen LogP contribution in [0.1, 0.15) is 27.2 Å². The van der Waals surface area contributed by atoms with Crippen LogP contribution in [0.5, 0.6) is 0 Å². The summed E-state index contributed by atoms with van der Waals surface area (Å²) in [6.07, 6.45) is 4.17. The summed E-state index contributed by atoms with van der Waals surface area (Å²) < 4.78 is 4.81. The molecule has 0 aliphatic heterocycles. The summed E-state index contributed by atoms with van der Waals surface area (Å²) in [7, 11) is 1.42. The minimum atomic E-state index is -0.212. The van der Waals surface area contributed by atoms with Gasteiger partial charge >= 0.3 is 5.97 Å². The Kier molecular flexibility index (Phi) is 4.41. The van der Waals surface area contributed by atoms with E-state index >= 15 is 0 Å². The normalized spacial score (nSPS) is 13.5. The maximum absolute atomic E-state index is 11.6. The first kappa shape index (κ1) is 13.1. The van der Waals surface area contributed by atoms with E-state index in [2.05, 4.69) is 30.7 Å². The lowest BCUT2D eigenvalue weighted by atomic mass is 9.90. The Bertz CT molecular complexity index is 330. The number of H-pyrrole nitrogens is 1. The van der Waals surface area contributed by atoms with Crippen molar-refractivity contribution in [3.63, 3.8) is 0 Å². The van der Waals surface area contributed by atoms with Crippen molar-refractivity contribution in [2.75, 3.05) is 7.11 Å². The molecule has 1 heterocycles. The van der Waals surface area contributed by atoms with Crippen LogP contribution in [0.2, 0.25) is 0 Å². The first-order chi connectivity index (χ1) is 7.42. The Morgan fingerprint density at radius 1 is 1.62 bits per heavy atom. The van der Waals surface area contributed by atoms with Gasteiger partial charge < -0.3 is 9.72 Å². The molecule has 1 N–H and O–H groups in total. The maximum Gasteiger partial charge on any atom is 0.319 e. The third kappa shape index (κ3) is 4.26. The Hall–Kier alpha value is -0.970. The molecule has 0 fully saturated rings. The van der Waals surface area contributed by atoms with Gasteiger partial charge in [-0.2, -0.15) is 0 Å². The molecule has 0 aliphatic rings. The SMILES string of the molecule is COC(=O)[C@H](CC(C)(C)C)Sc1ncc[nH]1. The molecule has 1 rings (SSSR count). The lowest BCUT2D eigenvalue weighted by molar-refractivity contribution is -0.140. The number of nitrogens with zero attached hydrogens (tertiary/aromatic N) is 1. The maximum atomic E-state index is 11.6. The van der Waals surface area contributed by atoms with Crippen molar-refractivity contribution in [2.24, 2.45) is 5.41 Å². The molecule has 0 unspecified atom stereocenters. The van der Waals surface area contributed by atoms with E-state index in [1.807, 2.05) is 0 Å². The Morgan fingerprint density at radius 3 is 2.75 bits per heavy atom. The van der Waals surface area contributed by atoms with Crippen LogP contribution in [0.4, 0.5) is 0 Å². The van der Waals surface area contributed by atoms with Gasteiger partial charge in [0.25, 0.3) is 0 Å². The van der Waals surface area contributed by atoms with Crippen molar-refractivity contribution < 1.29 is 9.53 Å². The second-order valence-electron chi connectivity index (χ2n) is 4.79. The monoisotopic (exact) mass is 242 g/mol. The molecule has 0 saturated heterocycles. The number of hydrogen-bond acceptors (Lipinski definition) is 4. The van der Waals surface area contributed by atoms with E-state index in [-0.39, 0.29) is 16.6 Å². The molecule has 16 heavy (non-hydrogen) atoms. The standard InChI is InChI=1S/C11H18N2O2S/c1-11(2,3)7-8(9(14)15-4)16-10-12-5-6-13-10/h5-6,8H,7H2,1-4H3,(H,12,13)/t8-/m0/s1. The summed E-state index contributed by atoms with van der Waals surface area (Å²) in [4.78, 5) is 18.7. The molecule has 0 amide bonds. The van der Waals surface area contributed by atoms with Crippen LogP contribution in [0.3, 0.4) is 0 Å². The van der Waals surface area contributed by atoms with Gasteiger partial charge in [0.1, 0.15) is 5.25 Å². The molecule has 4 nitrogen and oxygen atoms in total. The van der Waals surface area contributed by atoms with Crippen molar-refractivity contribution in [3.8, 4) is 0 Å². The number of esters is 1. The fraction of sp³-hybridized carbons (Fsp3) is 0.636. The van der Waals surface area contributed by atoms with Crippen molar-refractivity contribution in [1.29, 1.82) is 0 Å². The van der Waals surface area contributed by atoms with Crippen molar-refractivity contribution in [3.05, 3.63) is 12.4 Å². The van der Waals surface area contributed by atoms with Gasteiger partial charge in [-0.15, -0.1) is 0 Å². The Balaban J connectivity index is 2.68. The molecule has 0 bridgehead atoms. The zero-order chi connectivity index (χ0) is 12.2. The van der Waals surface area contributed by atoms with Crippen LogP contribution < -0.4 is 0 Å². The van der Waals surface area contributed by atoms with E-state index in [0.29, 0.717) is 0 Å². The highest BCUT2D eigenvalue weighted by molar-refractivity contribution is 8.00. The summed E-state index contributed by atoms with van der Waals surface area (Å²) in [6.45, 7) is 6.31. The first-order valence-electron chi connectivity index (χ1n) is 5.16. The van der Waals surface area contributed by atoms with Gasteiger partial charge in [0.2, 0.25) is 0 Å². The van der Waals surface area contributed by atoms with Gasteiger partial charge in [-0.1, -0.05) is 32.5 Å². The summed E-state index contributed by atoms with van der Waals surface area (Å²) in [6, 6.07) is 0. The second-order valence-corrected chi connectivity index (χ2v) is 5.98. The molecule has 0 radical (unpaired) electrons. The van der Waals surface area contributed by atoms with Crippen LogP contribution in [0.25, 0.3) is 0 Å². The summed E-state index contributed by atoms with van der Waals surface area (Å²) in [5.41, 5.74) is 0.0818. The number of thioether (sulfide) groups is 1. The third-order valence-corrected chi connectivity index (χ3v) is 3.08. The largest absolute Gasteiger partial charge is 0.468 e. The minimum absolute atomic E-state index is 0.0818. The van der Waals surface area contributed by atoms with Crippen LogP contribution in [-0.2, 0) is 9.53 Å². The number of aromatic nitrogens is 2. The predicted molar refractivity (Wildman–Crippen MR) is 64.3 cm³/mol. The first-order valence-corrected chi connectivity index (χ1v) is 6.04. The highest BCUT2D eigenvalue weighted by Gasteiger charge is 2.27. The van der Waals surface area contributed by atoms with Gasteiger partial charge in [-0.25, -0.2) is 4.98 Å². The Morgan fingerprint density at radius 2 is 2.31 bits per heavy atom. The molecule has 1 aromatic rings. The number of rotatable bonds is 4. The average molecular weight is 242 g/mol. The molecule has 0 aromatic carbocycles. The molecule has 5 heteroatoms. The zero-order valence-corrected chi connectivity index (χ0v) is 10.9. The van der Waals surface area contributed by atoms with Gasteiger partial charge in [0.05, 0.1) is 7.11 Å². The van der Waals surface area contributed by atoms with Crippen LogP contribution >= 0.6 is 11.8 Å². The number of methoxy groups -OCH3 is 1. The molecular weight excluding hydrogens is 224 g/mol. The third-order valence-electron chi connectivity index (χ3n) is 1.99. The smallest absolute Gasteiger partial charge is 0.319 e. The van der Waals surface area contributed by atoms with Gasteiger partial charge in [-0.3, -0.25) is 4.79 Å². The van der Waals surface area contributed by atoms with E-state index in [4.69, 9.17) is 4.74 Å². The highest BCUT2D eigenvalue weighted by atomic mass is 32.2. The lowest BCUT2D eigenvalue weighted by Crippen LogP contribution is -2.24. The Labute approximate surface area is 100 Å². The van der Waals surface area contributed by atoms with Crippen molar-refractivity contribution in [1.82, 2.24) is 9.97 Å². The molecule has 0 saturated carbocycles. The molecule has 1 aromatic heterocycles. The number of hydrogen-bond donors (Lipinski definition) is 1. The second kappa shape index (κ2) is 5.39. The summed E-state index contributed by atoms with van der Waals surface area (Å²) in [5, 5.41) is 0.538. The fourth-order valence-electron chi connectivity index (χ4n) is 1.31.